The molecule has 5 nitrogen and oxygen atoms in total. The van der Waals surface area contributed by atoms with Crippen LogP contribution in [0.1, 0.15) is 19.3 Å². The minimum absolute atomic E-state index is 0.0155. The van der Waals surface area contributed by atoms with E-state index in [9.17, 15) is 4.79 Å². The highest BCUT2D eigenvalue weighted by molar-refractivity contribution is 5.88. The van der Waals surface area contributed by atoms with Crippen LogP contribution in [0.5, 0.6) is 0 Å². The van der Waals surface area contributed by atoms with Crippen molar-refractivity contribution in [3.05, 3.63) is 12.3 Å². The summed E-state index contributed by atoms with van der Waals surface area (Å²) in [5.41, 5.74) is 0. The molecule has 1 aliphatic rings. The first kappa shape index (κ1) is 10.0. The molecule has 0 atom stereocenters. The Balaban J connectivity index is 1.94. The van der Waals surface area contributed by atoms with Crippen molar-refractivity contribution in [2.45, 2.75) is 19.3 Å². The molecule has 1 fully saturated rings. The molecular formula is C10H16N4O. The van der Waals surface area contributed by atoms with Gasteiger partial charge >= 0.3 is 6.03 Å². The number of likely N-dealkylation sites (tertiary alicyclic amines) is 1. The zero-order valence-corrected chi connectivity index (χ0v) is 8.94. The second kappa shape index (κ2) is 4.33. The van der Waals surface area contributed by atoms with Crippen molar-refractivity contribution in [2.75, 3.05) is 18.4 Å². The second-order valence-electron chi connectivity index (χ2n) is 3.82. The molecule has 1 aliphatic heterocycles. The molecule has 2 heterocycles. The lowest BCUT2D eigenvalue weighted by molar-refractivity contribution is 0.200. The Labute approximate surface area is 89.1 Å². The van der Waals surface area contributed by atoms with Gasteiger partial charge in [-0.3, -0.25) is 10.00 Å². The smallest absolute Gasteiger partial charge is 0.322 e. The van der Waals surface area contributed by atoms with Gasteiger partial charge in [0.1, 0.15) is 5.82 Å². The zero-order valence-electron chi connectivity index (χ0n) is 8.94. The van der Waals surface area contributed by atoms with Gasteiger partial charge in [-0.15, -0.1) is 0 Å². The molecule has 0 unspecified atom stereocenters. The molecule has 1 N–H and O–H groups in total. The molecule has 2 rings (SSSR count). The van der Waals surface area contributed by atoms with E-state index in [0.717, 1.165) is 31.7 Å². The van der Waals surface area contributed by atoms with Crippen LogP contribution in [-0.2, 0) is 7.05 Å². The molecule has 0 bridgehead atoms. The van der Waals surface area contributed by atoms with Crippen LogP contribution in [0.4, 0.5) is 10.6 Å². The Bertz CT molecular complexity index is 341. The number of nitrogens with one attached hydrogen (secondary N) is 1. The minimum atomic E-state index is -0.0155. The van der Waals surface area contributed by atoms with Crippen molar-refractivity contribution >= 4 is 11.8 Å². The summed E-state index contributed by atoms with van der Waals surface area (Å²) in [5.74, 6) is 0.741. The molecule has 1 aromatic heterocycles. The van der Waals surface area contributed by atoms with Gasteiger partial charge in [0, 0.05) is 26.2 Å². The third-order valence-electron chi connectivity index (χ3n) is 2.70. The van der Waals surface area contributed by atoms with Crippen molar-refractivity contribution in [2.24, 2.45) is 7.05 Å². The number of piperidine rings is 1. The molecule has 1 aromatic rings. The Morgan fingerprint density at radius 3 is 2.73 bits per heavy atom. The fourth-order valence-corrected chi connectivity index (χ4v) is 1.78. The van der Waals surface area contributed by atoms with Gasteiger partial charge in [-0.05, 0) is 19.3 Å². The fraction of sp³-hybridized carbons (Fsp3) is 0.600. The number of nitrogens with zero attached hydrogens (tertiary/aromatic N) is 3. The summed E-state index contributed by atoms with van der Waals surface area (Å²) in [7, 11) is 1.81. The maximum atomic E-state index is 11.8. The summed E-state index contributed by atoms with van der Waals surface area (Å²) < 4.78 is 1.65. The predicted octanol–water partition coefficient (Wildman–Crippen LogP) is 1.44. The van der Waals surface area contributed by atoms with Crippen LogP contribution in [0.25, 0.3) is 0 Å². The van der Waals surface area contributed by atoms with Crippen molar-refractivity contribution in [1.29, 1.82) is 0 Å². The lowest BCUT2D eigenvalue weighted by atomic mass is 10.1. The topological polar surface area (TPSA) is 50.2 Å². The number of amides is 2. The van der Waals surface area contributed by atoms with Crippen molar-refractivity contribution in [1.82, 2.24) is 14.7 Å². The molecule has 0 aromatic carbocycles. The Morgan fingerprint density at radius 2 is 2.13 bits per heavy atom. The third-order valence-corrected chi connectivity index (χ3v) is 2.70. The van der Waals surface area contributed by atoms with E-state index in [4.69, 9.17) is 0 Å². The monoisotopic (exact) mass is 208 g/mol. The highest BCUT2D eigenvalue weighted by Gasteiger charge is 2.16. The number of aromatic nitrogens is 2. The summed E-state index contributed by atoms with van der Waals surface area (Å²) in [6.07, 6.45) is 5.12. The van der Waals surface area contributed by atoms with Crippen LogP contribution in [0.3, 0.4) is 0 Å². The Morgan fingerprint density at radius 1 is 1.40 bits per heavy atom. The van der Waals surface area contributed by atoms with Gasteiger partial charge in [0.2, 0.25) is 0 Å². The van der Waals surface area contributed by atoms with E-state index >= 15 is 0 Å². The fourth-order valence-electron chi connectivity index (χ4n) is 1.78. The third kappa shape index (κ3) is 2.29. The molecular weight excluding hydrogens is 192 g/mol. The molecule has 15 heavy (non-hydrogen) atoms. The number of aryl methyl sites for hydroxylation is 1. The van der Waals surface area contributed by atoms with E-state index < -0.39 is 0 Å². The van der Waals surface area contributed by atoms with Crippen LogP contribution in [0, 0.1) is 0 Å². The van der Waals surface area contributed by atoms with Crippen molar-refractivity contribution in [3.8, 4) is 0 Å². The highest BCUT2D eigenvalue weighted by Crippen LogP contribution is 2.11. The summed E-state index contributed by atoms with van der Waals surface area (Å²) in [4.78, 5) is 13.6. The number of carbonyl (C=O) groups excluding carboxylic acids is 1. The maximum absolute atomic E-state index is 11.8. The summed E-state index contributed by atoms with van der Waals surface area (Å²) in [5, 5.41) is 6.85. The molecule has 0 aliphatic carbocycles. The molecule has 0 saturated carbocycles. The van der Waals surface area contributed by atoms with Crippen molar-refractivity contribution in [3.63, 3.8) is 0 Å². The first-order valence-electron chi connectivity index (χ1n) is 5.31. The standard InChI is InChI=1S/C10H16N4O/c1-13-9(5-6-11-13)12-10(15)14-7-3-2-4-8-14/h5-6H,2-4,7-8H2,1H3,(H,12,15). The SMILES string of the molecule is Cn1nccc1NC(=O)N1CCCCC1. The molecule has 0 radical (unpaired) electrons. The number of carbonyl (C=O) groups is 1. The van der Waals surface area contributed by atoms with Gasteiger partial charge in [-0.1, -0.05) is 0 Å². The Kier molecular flexibility index (Phi) is 2.89. The van der Waals surface area contributed by atoms with Crippen LogP contribution < -0.4 is 5.32 Å². The van der Waals surface area contributed by atoms with Gasteiger partial charge in [0.05, 0.1) is 6.20 Å². The largest absolute Gasteiger partial charge is 0.325 e. The highest BCUT2D eigenvalue weighted by atomic mass is 16.2. The van der Waals surface area contributed by atoms with E-state index in [-0.39, 0.29) is 6.03 Å². The van der Waals surface area contributed by atoms with Crippen LogP contribution in [-0.4, -0.2) is 33.8 Å². The number of urea groups is 1. The van der Waals surface area contributed by atoms with E-state index in [0.29, 0.717) is 0 Å². The van der Waals surface area contributed by atoms with Gasteiger partial charge in [-0.2, -0.15) is 5.10 Å². The lowest BCUT2D eigenvalue weighted by Crippen LogP contribution is -2.39. The van der Waals surface area contributed by atoms with Crippen molar-refractivity contribution < 1.29 is 4.79 Å². The number of anilines is 1. The average molecular weight is 208 g/mol. The Hall–Kier alpha value is -1.52. The van der Waals surface area contributed by atoms with Gasteiger partial charge in [0.15, 0.2) is 0 Å². The number of hydrogen-bond donors (Lipinski definition) is 1. The molecule has 5 heteroatoms. The molecule has 1 saturated heterocycles. The first-order chi connectivity index (χ1) is 7.27. The maximum Gasteiger partial charge on any atom is 0.322 e. The minimum Gasteiger partial charge on any atom is -0.325 e. The summed E-state index contributed by atoms with van der Waals surface area (Å²) >= 11 is 0. The summed E-state index contributed by atoms with van der Waals surface area (Å²) in [6, 6.07) is 1.78. The molecule has 2 amide bonds. The van der Waals surface area contributed by atoms with Gasteiger partial charge in [0.25, 0.3) is 0 Å². The number of hydrogen-bond acceptors (Lipinski definition) is 2. The molecule has 0 spiro atoms. The van der Waals surface area contributed by atoms with Gasteiger partial charge in [-0.25, -0.2) is 4.79 Å². The van der Waals surface area contributed by atoms with Crippen LogP contribution in [0.2, 0.25) is 0 Å². The zero-order chi connectivity index (χ0) is 10.7. The second-order valence-corrected chi connectivity index (χ2v) is 3.82. The van der Waals surface area contributed by atoms with Crippen LogP contribution >= 0.6 is 0 Å². The normalized spacial score (nSPS) is 16.5. The van der Waals surface area contributed by atoms with E-state index in [2.05, 4.69) is 10.4 Å². The van der Waals surface area contributed by atoms with E-state index in [1.807, 2.05) is 11.9 Å². The van der Waals surface area contributed by atoms with E-state index in [1.165, 1.54) is 6.42 Å². The molecule has 82 valence electrons. The van der Waals surface area contributed by atoms with Gasteiger partial charge < -0.3 is 4.90 Å². The average Bonchev–Trinajstić information content (AvgIpc) is 2.66. The quantitative estimate of drug-likeness (QED) is 0.759. The first-order valence-corrected chi connectivity index (χ1v) is 5.31. The van der Waals surface area contributed by atoms with E-state index in [1.54, 1.807) is 16.9 Å². The predicted molar refractivity (Wildman–Crippen MR) is 57.7 cm³/mol. The number of rotatable bonds is 1. The lowest BCUT2D eigenvalue weighted by Gasteiger charge is -2.26. The summed E-state index contributed by atoms with van der Waals surface area (Å²) in [6.45, 7) is 1.73. The van der Waals surface area contributed by atoms with Crippen LogP contribution in [0.15, 0.2) is 12.3 Å².